The Morgan fingerprint density at radius 1 is 0.889 bits per heavy atom. The second-order valence-electron chi connectivity index (χ2n) is 4.58. The fourth-order valence-corrected chi connectivity index (χ4v) is 1.87. The van der Waals surface area contributed by atoms with Crippen LogP contribution in [-0.4, -0.2) is 37.8 Å². The molecule has 0 unspecified atom stereocenters. The molecule has 0 radical (unpaired) electrons. The fraction of sp³-hybridized carbons (Fsp3) is 0.444. The Bertz CT molecular complexity index is 811. The fourth-order valence-electron chi connectivity index (χ4n) is 1.87. The van der Waals surface area contributed by atoms with Gasteiger partial charge in [-0.2, -0.15) is 5.43 Å². The second kappa shape index (κ2) is 9.11. The molecule has 1 aliphatic heterocycles. The number of hydrogen-bond donors (Lipinski definition) is 5. The predicted octanol–water partition coefficient (Wildman–Crippen LogP) is -6.39. The number of nitrogens with two attached hydrogens (primary N) is 2. The minimum atomic E-state index is -1.28. The average Bonchev–Trinajstić information content (AvgIpc) is 2.57. The van der Waals surface area contributed by atoms with Gasteiger partial charge in [-0.05, 0) is 0 Å². The van der Waals surface area contributed by atoms with E-state index < -0.39 is 48.8 Å². The molecule has 0 saturated carbocycles. The third-order valence-corrected chi connectivity index (χ3v) is 3.00. The van der Waals surface area contributed by atoms with E-state index in [-0.39, 0.29) is 6.79 Å². The van der Waals surface area contributed by atoms with E-state index in [9.17, 15) is 24.0 Å². The molecule has 1 saturated heterocycles. The first-order valence-corrected chi connectivity index (χ1v) is 6.93. The third-order valence-electron chi connectivity index (χ3n) is 3.00. The molecule has 2 heterocycles. The smallest absolute Gasteiger partial charge is 0.346 e. The molecule has 0 spiro atoms. The molecular weight excluding hydrogens is 378 g/mol. The first kappa shape index (κ1) is 20.3. The quantitative estimate of drug-likeness (QED) is 0.194. The molecule has 150 valence electrons. The molecule has 1 aromatic heterocycles. The summed E-state index contributed by atoms with van der Waals surface area (Å²) in [6, 6.07) is 0. The SMILES string of the molecule is NNOC(=O)Cn1c(=O)n(CNN2OCO2)c(=O)n(CC(=O)ONN)c1=O. The zero-order valence-electron chi connectivity index (χ0n) is 13.4. The molecule has 0 atom stereocenters. The number of aromatic nitrogens is 3. The van der Waals surface area contributed by atoms with Gasteiger partial charge >= 0.3 is 29.0 Å². The third kappa shape index (κ3) is 4.81. The molecule has 0 amide bonds. The van der Waals surface area contributed by atoms with Crippen LogP contribution in [0.4, 0.5) is 0 Å². The molecule has 0 aromatic carbocycles. The number of hydrazine groups is 3. The van der Waals surface area contributed by atoms with Crippen molar-refractivity contribution in [2.24, 2.45) is 11.7 Å². The number of rotatable bonds is 9. The van der Waals surface area contributed by atoms with E-state index in [0.29, 0.717) is 13.7 Å². The Kier molecular flexibility index (Phi) is 6.86. The summed E-state index contributed by atoms with van der Waals surface area (Å²) in [4.78, 5) is 78.1. The maximum absolute atomic E-state index is 12.4. The van der Waals surface area contributed by atoms with Crippen LogP contribution in [0.5, 0.6) is 0 Å². The topological polar surface area (TPSA) is 228 Å². The Balaban J connectivity index is 2.44. The lowest BCUT2D eigenvalue weighted by atomic mass is 10.6. The van der Waals surface area contributed by atoms with Crippen molar-refractivity contribution in [1.82, 2.24) is 35.6 Å². The van der Waals surface area contributed by atoms with Crippen LogP contribution in [-0.2, 0) is 48.7 Å². The van der Waals surface area contributed by atoms with E-state index in [4.69, 9.17) is 21.4 Å². The maximum Gasteiger partial charge on any atom is 0.346 e. The highest BCUT2D eigenvalue weighted by molar-refractivity contribution is 5.69. The summed E-state index contributed by atoms with van der Waals surface area (Å²) >= 11 is 0. The van der Waals surface area contributed by atoms with E-state index >= 15 is 0 Å². The van der Waals surface area contributed by atoms with Gasteiger partial charge in [0.05, 0.1) is 6.67 Å². The van der Waals surface area contributed by atoms with Crippen molar-refractivity contribution in [3.8, 4) is 0 Å². The minimum absolute atomic E-state index is 0.0541. The lowest BCUT2D eigenvalue weighted by Gasteiger charge is -2.28. The van der Waals surface area contributed by atoms with Crippen LogP contribution < -0.4 is 45.4 Å². The van der Waals surface area contributed by atoms with Crippen LogP contribution in [0.25, 0.3) is 0 Å². The first-order chi connectivity index (χ1) is 12.9. The molecule has 7 N–H and O–H groups in total. The van der Waals surface area contributed by atoms with Crippen LogP contribution in [0, 0.1) is 0 Å². The summed E-state index contributed by atoms with van der Waals surface area (Å²) in [5, 5.41) is 0.741. The van der Waals surface area contributed by atoms with E-state index in [1.165, 1.54) is 0 Å². The predicted molar refractivity (Wildman–Crippen MR) is 78.1 cm³/mol. The summed E-state index contributed by atoms with van der Waals surface area (Å²) < 4.78 is 1.16. The zero-order valence-corrected chi connectivity index (χ0v) is 13.4. The second-order valence-corrected chi connectivity index (χ2v) is 4.58. The summed E-state index contributed by atoms with van der Waals surface area (Å²) in [5.74, 6) is 7.36. The molecule has 1 aliphatic rings. The van der Waals surface area contributed by atoms with Gasteiger partial charge in [0.15, 0.2) is 6.79 Å². The van der Waals surface area contributed by atoms with Gasteiger partial charge in [0, 0.05) is 5.34 Å². The van der Waals surface area contributed by atoms with Crippen molar-refractivity contribution in [3.05, 3.63) is 31.5 Å². The average molecular weight is 393 g/mol. The van der Waals surface area contributed by atoms with Crippen molar-refractivity contribution in [3.63, 3.8) is 0 Å². The molecular formula is C9H15N9O9. The molecule has 1 fully saturated rings. The van der Waals surface area contributed by atoms with E-state index in [0.717, 1.165) is 5.34 Å². The van der Waals surface area contributed by atoms with Gasteiger partial charge in [-0.3, -0.25) is 0 Å². The van der Waals surface area contributed by atoms with Crippen molar-refractivity contribution in [1.29, 1.82) is 0 Å². The maximum atomic E-state index is 12.4. The van der Waals surface area contributed by atoms with Crippen LogP contribution in [0.3, 0.4) is 0 Å². The number of nitrogens with one attached hydrogen (secondary N) is 3. The van der Waals surface area contributed by atoms with Gasteiger partial charge in [0.2, 0.25) is 0 Å². The molecule has 27 heavy (non-hydrogen) atoms. The summed E-state index contributed by atoms with van der Waals surface area (Å²) in [6.45, 7) is -2.42. The molecule has 1 aromatic rings. The minimum Gasteiger partial charge on any atom is -0.354 e. The van der Waals surface area contributed by atoms with E-state index in [1.54, 1.807) is 11.2 Å². The number of carbonyl (C=O) groups is 2. The summed E-state index contributed by atoms with van der Waals surface area (Å²) in [7, 11) is 0. The van der Waals surface area contributed by atoms with Crippen molar-refractivity contribution < 1.29 is 28.9 Å². The van der Waals surface area contributed by atoms with Gasteiger partial charge < -0.3 is 9.68 Å². The zero-order chi connectivity index (χ0) is 20.0. The van der Waals surface area contributed by atoms with Gasteiger partial charge in [0.25, 0.3) is 0 Å². The highest BCUT2D eigenvalue weighted by atomic mass is 17.1. The monoisotopic (exact) mass is 393 g/mol. The normalized spacial score (nSPS) is 13.9. The van der Waals surface area contributed by atoms with Crippen LogP contribution in [0.15, 0.2) is 14.4 Å². The standard InChI is InChI=1S/C9H15N9O9/c10-13-26-5(19)1-15-7(21)16(2-6(20)27-14-11)9(23)17(8(15)22)3-12-18-24-4-25-18/h12-14H,1-4,10-11H2. The van der Waals surface area contributed by atoms with E-state index in [2.05, 4.69) is 15.1 Å². The lowest BCUT2D eigenvalue weighted by Crippen LogP contribution is -2.59. The van der Waals surface area contributed by atoms with Gasteiger partial charge in [-0.1, -0.05) is 11.2 Å². The number of hydrogen-bond acceptors (Lipinski definition) is 15. The van der Waals surface area contributed by atoms with E-state index in [1.807, 2.05) is 0 Å². The molecule has 18 heteroatoms. The van der Waals surface area contributed by atoms with Gasteiger partial charge in [-0.15, -0.1) is 0 Å². The molecule has 18 nitrogen and oxygen atoms in total. The van der Waals surface area contributed by atoms with Gasteiger partial charge in [-0.25, -0.2) is 59.0 Å². The molecule has 0 bridgehead atoms. The molecule has 2 rings (SSSR count). The number of nitrogens with zero attached hydrogens (tertiary/aromatic N) is 4. The van der Waals surface area contributed by atoms with Crippen molar-refractivity contribution >= 4 is 11.9 Å². The molecule has 0 aliphatic carbocycles. The summed E-state index contributed by atoms with van der Waals surface area (Å²) in [5.41, 5.74) is 1.89. The Morgan fingerprint density at radius 3 is 1.70 bits per heavy atom. The summed E-state index contributed by atoms with van der Waals surface area (Å²) in [6.07, 6.45) is 0. The highest BCUT2D eigenvalue weighted by Crippen LogP contribution is 1.98. The van der Waals surface area contributed by atoms with Crippen LogP contribution >= 0.6 is 0 Å². The van der Waals surface area contributed by atoms with Crippen LogP contribution in [0.2, 0.25) is 0 Å². The Morgan fingerprint density at radius 2 is 1.33 bits per heavy atom. The van der Waals surface area contributed by atoms with Crippen molar-refractivity contribution in [2.45, 2.75) is 19.8 Å². The Labute approximate surface area is 147 Å². The van der Waals surface area contributed by atoms with Crippen molar-refractivity contribution in [2.75, 3.05) is 6.79 Å². The Hall–Kier alpha value is -2.97. The highest BCUT2D eigenvalue weighted by Gasteiger charge is 2.22. The van der Waals surface area contributed by atoms with Crippen LogP contribution in [0.1, 0.15) is 0 Å². The number of carbonyl (C=O) groups excluding carboxylic acids is 2. The first-order valence-electron chi connectivity index (χ1n) is 6.93. The lowest BCUT2D eigenvalue weighted by molar-refractivity contribution is -0.543. The van der Waals surface area contributed by atoms with Gasteiger partial charge in [0.1, 0.15) is 13.1 Å². The largest absolute Gasteiger partial charge is 0.354 e.